The van der Waals surface area contributed by atoms with Gasteiger partial charge in [-0.2, -0.15) is 0 Å². The standard InChI is InChI=1S/C14H15NO2.ClH/c1-10(14(16)17-2)15-13-8-7-11-5-3-4-6-12(11)9-13;/h3-10,15H,1-2H3;1H/t10-;/m0./s1. The monoisotopic (exact) mass is 265 g/mol. The van der Waals surface area contributed by atoms with Crippen molar-refractivity contribution in [3.63, 3.8) is 0 Å². The summed E-state index contributed by atoms with van der Waals surface area (Å²) in [6, 6.07) is 13.8. The molecule has 0 spiro atoms. The van der Waals surface area contributed by atoms with E-state index in [1.807, 2.05) is 36.4 Å². The van der Waals surface area contributed by atoms with Crippen LogP contribution in [-0.2, 0) is 9.53 Å². The van der Waals surface area contributed by atoms with Crippen molar-refractivity contribution in [3.8, 4) is 0 Å². The molecule has 0 aliphatic heterocycles. The van der Waals surface area contributed by atoms with Crippen LogP contribution in [0.4, 0.5) is 5.69 Å². The predicted molar refractivity (Wildman–Crippen MR) is 76.3 cm³/mol. The van der Waals surface area contributed by atoms with E-state index in [0.717, 1.165) is 11.1 Å². The Morgan fingerprint density at radius 1 is 1.17 bits per heavy atom. The van der Waals surface area contributed by atoms with Crippen LogP contribution in [0.5, 0.6) is 0 Å². The fourth-order valence-electron chi connectivity index (χ4n) is 1.76. The highest BCUT2D eigenvalue weighted by Crippen LogP contribution is 2.19. The van der Waals surface area contributed by atoms with Crippen molar-refractivity contribution in [2.45, 2.75) is 13.0 Å². The number of nitrogens with one attached hydrogen (secondary N) is 1. The minimum Gasteiger partial charge on any atom is -0.467 e. The zero-order valence-electron chi connectivity index (χ0n) is 10.3. The first kappa shape index (κ1) is 14.3. The maximum atomic E-state index is 11.3. The molecule has 0 aliphatic carbocycles. The maximum absolute atomic E-state index is 11.3. The molecule has 0 bridgehead atoms. The molecule has 96 valence electrons. The Hall–Kier alpha value is -1.74. The second-order valence-electron chi connectivity index (χ2n) is 3.95. The number of anilines is 1. The van der Waals surface area contributed by atoms with Gasteiger partial charge in [-0.1, -0.05) is 30.3 Å². The van der Waals surface area contributed by atoms with Gasteiger partial charge < -0.3 is 10.1 Å². The predicted octanol–water partition coefficient (Wildman–Crippen LogP) is 3.24. The van der Waals surface area contributed by atoms with Crippen molar-refractivity contribution in [1.82, 2.24) is 0 Å². The number of hydrogen-bond acceptors (Lipinski definition) is 3. The summed E-state index contributed by atoms with van der Waals surface area (Å²) >= 11 is 0. The Labute approximate surface area is 113 Å². The summed E-state index contributed by atoms with van der Waals surface area (Å²) in [7, 11) is 1.39. The number of halogens is 1. The Balaban J connectivity index is 0.00000162. The highest BCUT2D eigenvalue weighted by Gasteiger charge is 2.12. The third-order valence-electron chi connectivity index (χ3n) is 2.69. The number of carbonyl (C=O) groups excluding carboxylic acids is 1. The van der Waals surface area contributed by atoms with Crippen LogP contribution in [0.15, 0.2) is 42.5 Å². The highest BCUT2D eigenvalue weighted by atomic mass is 35.5. The molecule has 0 radical (unpaired) electrons. The largest absolute Gasteiger partial charge is 0.467 e. The summed E-state index contributed by atoms with van der Waals surface area (Å²) < 4.78 is 4.67. The summed E-state index contributed by atoms with van der Waals surface area (Å²) in [4.78, 5) is 11.3. The van der Waals surface area contributed by atoms with E-state index < -0.39 is 0 Å². The van der Waals surface area contributed by atoms with Crippen molar-refractivity contribution in [3.05, 3.63) is 42.5 Å². The van der Waals surface area contributed by atoms with Gasteiger partial charge in [-0.25, -0.2) is 4.79 Å². The molecule has 2 rings (SSSR count). The molecule has 0 heterocycles. The Kier molecular flexibility index (Phi) is 4.98. The van der Waals surface area contributed by atoms with E-state index >= 15 is 0 Å². The molecule has 3 nitrogen and oxygen atoms in total. The third kappa shape index (κ3) is 3.14. The van der Waals surface area contributed by atoms with Crippen LogP contribution < -0.4 is 5.32 Å². The second-order valence-corrected chi connectivity index (χ2v) is 3.95. The molecule has 0 saturated heterocycles. The molecule has 1 atom stereocenters. The molecule has 0 fully saturated rings. The molecule has 18 heavy (non-hydrogen) atoms. The van der Waals surface area contributed by atoms with Crippen LogP contribution in [0.2, 0.25) is 0 Å². The van der Waals surface area contributed by atoms with E-state index in [-0.39, 0.29) is 24.4 Å². The number of fused-ring (bicyclic) bond motifs is 1. The van der Waals surface area contributed by atoms with Crippen LogP contribution in [0.25, 0.3) is 10.8 Å². The van der Waals surface area contributed by atoms with Crippen molar-refractivity contribution >= 4 is 34.8 Å². The molecule has 0 saturated carbocycles. The number of hydrogen-bond donors (Lipinski definition) is 1. The van der Waals surface area contributed by atoms with Gasteiger partial charge in [0.15, 0.2) is 0 Å². The molecule has 2 aromatic rings. The van der Waals surface area contributed by atoms with Gasteiger partial charge in [0.1, 0.15) is 6.04 Å². The van der Waals surface area contributed by atoms with E-state index in [9.17, 15) is 4.79 Å². The van der Waals surface area contributed by atoms with Gasteiger partial charge in [0.25, 0.3) is 0 Å². The molecule has 0 aromatic heterocycles. The summed E-state index contributed by atoms with van der Waals surface area (Å²) in [6.45, 7) is 1.78. The van der Waals surface area contributed by atoms with E-state index in [4.69, 9.17) is 0 Å². The zero-order valence-corrected chi connectivity index (χ0v) is 11.2. The topological polar surface area (TPSA) is 38.3 Å². The van der Waals surface area contributed by atoms with Crippen LogP contribution >= 0.6 is 12.4 Å². The van der Waals surface area contributed by atoms with E-state index in [2.05, 4.69) is 16.1 Å². The van der Waals surface area contributed by atoms with Crippen molar-refractivity contribution < 1.29 is 9.53 Å². The fraction of sp³-hybridized carbons (Fsp3) is 0.214. The summed E-state index contributed by atoms with van der Waals surface area (Å²) in [5, 5.41) is 5.44. The summed E-state index contributed by atoms with van der Waals surface area (Å²) in [6.07, 6.45) is 0. The number of benzene rings is 2. The normalized spacial score (nSPS) is 11.4. The first-order chi connectivity index (χ1) is 8.20. The fourth-order valence-corrected chi connectivity index (χ4v) is 1.76. The van der Waals surface area contributed by atoms with Crippen LogP contribution in [0, 0.1) is 0 Å². The Morgan fingerprint density at radius 2 is 1.83 bits per heavy atom. The number of rotatable bonds is 3. The Morgan fingerprint density at radius 3 is 2.50 bits per heavy atom. The quantitative estimate of drug-likeness (QED) is 0.866. The van der Waals surface area contributed by atoms with E-state index in [0.29, 0.717) is 0 Å². The van der Waals surface area contributed by atoms with Crippen LogP contribution in [0.1, 0.15) is 6.92 Å². The van der Waals surface area contributed by atoms with Crippen molar-refractivity contribution in [2.75, 3.05) is 12.4 Å². The molecule has 0 amide bonds. The SMILES string of the molecule is COC(=O)[C@H](C)Nc1ccc2ccccc2c1.Cl. The third-order valence-corrected chi connectivity index (χ3v) is 2.69. The number of methoxy groups -OCH3 is 1. The number of esters is 1. The highest BCUT2D eigenvalue weighted by molar-refractivity contribution is 5.87. The van der Waals surface area contributed by atoms with Crippen molar-refractivity contribution in [2.24, 2.45) is 0 Å². The molecule has 4 heteroatoms. The smallest absolute Gasteiger partial charge is 0.327 e. The molecule has 0 aliphatic rings. The molecule has 1 N–H and O–H groups in total. The Bertz CT molecular complexity index is 542. The van der Waals surface area contributed by atoms with Gasteiger partial charge in [0.2, 0.25) is 0 Å². The summed E-state index contributed by atoms with van der Waals surface area (Å²) in [5.41, 5.74) is 0.918. The first-order valence-corrected chi connectivity index (χ1v) is 5.54. The van der Waals surface area contributed by atoms with E-state index in [1.54, 1.807) is 6.92 Å². The van der Waals surface area contributed by atoms with Crippen LogP contribution in [0.3, 0.4) is 0 Å². The first-order valence-electron chi connectivity index (χ1n) is 5.54. The minimum absolute atomic E-state index is 0. The maximum Gasteiger partial charge on any atom is 0.327 e. The minimum atomic E-state index is -0.346. The van der Waals surface area contributed by atoms with Gasteiger partial charge in [0.05, 0.1) is 7.11 Å². The van der Waals surface area contributed by atoms with Crippen molar-refractivity contribution in [1.29, 1.82) is 0 Å². The van der Waals surface area contributed by atoms with E-state index in [1.165, 1.54) is 12.5 Å². The second kappa shape index (κ2) is 6.26. The lowest BCUT2D eigenvalue weighted by molar-refractivity contribution is -0.141. The van der Waals surface area contributed by atoms with Crippen LogP contribution in [-0.4, -0.2) is 19.1 Å². The van der Waals surface area contributed by atoms with Gasteiger partial charge in [-0.05, 0) is 29.8 Å². The average Bonchev–Trinajstić information content (AvgIpc) is 2.37. The molecular weight excluding hydrogens is 250 g/mol. The average molecular weight is 266 g/mol. The lowest BCUT2D eigenvalue weighted by atomic mass is 10.1. The molecule has 2 aromatic carbocycles. The molecular formula is C14H16ClNO2. The van der Waals surface area contributed by atoms with Gasteiger partial charge >= 0.3 is 5.97 Å². The van der Waals surface area contributed by atoms with Gasteiger partial charge in [-0.3, -0.25) is 0 Å². The summed E-state index contributed by atoms with van der Waals surface area (Å²) in [5.74, 6) is -0.266. The van der Waals surface area contributed by atoms with Gasteiger partial charge in [-0.15, -0.1) is 12.4 Å². The molecule has 0 unspecified atom stereocenters. The number of carbonyl (C=O) groups is 1. The lowest BCUT2D eigenvalue weighted by Gasteiger charge is -2.13. The lowest BCUT2D eigenvalue weighted by Crippen LogP contribution is -2.27. The zero-order chi connectivity index (χ0) is 12.3. The van der Waals surface area contributed by atoms with Gasteiger partial charge in [0, 0.05) is 5.69 Å². The number of ether oxygens (including phenoxy) is 1.